The molecule has 0 aliphatic heterocycles. The molecule has 0 saturated heterocycles. The van der Waals surface area contributed by atoms with Crippen LogP contribution in [0.4, 0.5) is 0 Å². The van der Waals surface area contributed by atoms with Crippen LogP contribution in [0.25, 0.3) is 0 Å². The Morgan fingerprint density at radius 2 is 1.85 bits per heavy atom. The van der Waals surface area contributed by atoms with Crippen molar-refractivity contribution < 1.29 is 0 Å². The highest BCUT2D eigenvalue weighted by Gasteiger charge is 2.18. The average Bonchev–Trinajstić information content (AvgIpc) is 2.89. The molecule has 0 unspecified atom stereocenters. The second-order valence-corrected chi connectivity index (χ2v) is 6.68. The summed E-state index contributed by atoms with van der Waals surface area (Å²) >= 11 is 0. The normalized spacial score (nSPS) is 16.4. The minimum atomic E-state index is 0.932. The number of nitrogens with zero attached hydrogens (tertiary/aromatic N) is 2. The quantitative estimate of drug-likeness (QED) is 0.750. The molecule has 0 radical (unpaired) electrons. The van der Waals surface area contributed by atoms with Gasteiger partial charge >= 0.3 is 0 Å². The van der Waals surface area contributed by atoms with Crippen LogP contribution < -0.4 is 0 Å². The molecule has 0 atom stereocenters. The smallest absolute Gasteiger partial charge is 0.0234 e. The topological polar surface area (TPSA) is 6.48 Å². The van der Waals surface area contributed by atoms with Crippen molar-refractivity contribution in [1.82, 2.24) is 9.80 Å². The standard InChI is InChI=1S/C18H30N2/c1-16-7-6-10-18(13-16)15-20(12-11-19(2)3)14-17-8-4-5-9-17/h6-7,10,13,17H,4-5,8-9,11-12,14-15H2,1-3H3. The number of aryl methyl sites for hydroxylation is 1. The lowest BCUT2D eigenvalue weighted by Crippen LogP contribution is -2.34. The summed E-state index contributed by atoms with van der Waals surface area (Å²) in [4.78, 5) is 4.95. The lowest BCUT2D eigenvalue weighted by atomic mass is 10.1. The van der Waals surface area contributed by atoms with E-state index in [0.29, 0.717) is 0 Å². The van der Waals surface area contributed by atoms with Crippen LogP contribution in [0.2, 0.25) is 0 Å². The molecule has 2 rings (SSSR count). The van der Waals surface area contributed by atoms with Gasteiger partial charge in [-0.2, -0.15) is 0 Å². The van der Waals surface area contributed by atoms with Gasteiger partial charge in [-0.3, -0.25) is 4.90 Å². The zero-order valence-corrected chi connectivity index (χ0v) is 13.4. The third kappa shape index (κ3) is 5.26. The van der Waals surface area contributed by atoms with E-state index in [1.54, 1.807) is 0 Å². The van der Waals surface area contributed by atoms with Crippen LogP contribution in [0, 0.1) is 12.8 Å². The molecule has 1 aromatic carbocycles. The summed E-state index contributed by atoms with van der Waals surface area (Å²) < 4.78 is 0. The first-order valence-electron chi connectivity index (χ1n) is 8.06. The summed E-state index contributed by atoms with van der Waals surface area (Å²) in [5.41, 5.74) is 2.83. The first-order chi connectivity index (χ1) is 9.63. The molecule has 20 heavy (non-hydrogen) atoms. The number of hydrogen-bond acceptors (Lipinski definition) is 2. The first-order valence-corrected chi connectivity index (χ1v) is 8.06. The molecule has 1 aliphatic carbocycles. The Balaban J connectivity index is 1.93. The highest BCUT2D eigenvalue weighted by atomic mass is 15.2. The van der Waals surface area contributed by atoms with E-state index in [9.17, 15) is 0 Å². The molecule has 1 aromatic rings. The Labute approximate surface area is 124 Å². The fourth-order valence-corrected chi connectivity index (χ4v) is 3.20. The molecule has 0 spiro atoms. The van der Waals surface area contributed by atoms with Crippen LogP contribution in [0.5, 0.6) is 0 Å². The minimum absolute atomic E-state index is 0.932. The van der Waals surface area contributed by atoms with Gasteiger partial charge in [0.2, 0.25) is 0 Å². The number of benzene rings is 1. The fourth-order valence-electron chi connectivity index (χ4n) is 3.20. The van der Waals surface area contributed by atoms with E-state index in [-0.39, 0.29) is 0 Å². The Hall–Kier alpha value is -0.860. The maximum absolute atomic E-state index is 2.66. The first kappa shape index (κ1) is 15.5. The van der Waals surface area contributed by atoms with Gasteiger partial charge in [0.05, 0.1) is 0 Å². The van der Waals surface area contributed by atoms with Gasteiger partial charge in [0.1, 0.15) is 0 Å². The van der Waals surface area contributed by atoms with Gasteiger partial charge in [-0.05, 0) is 45.3 Å². The molecule has 0 bridgehead atoms. The van der Waals surface area contributed by atoms with E-state index in [2.05, 4.69) is 55.1 Å². The second kappa shape index (κ2) is 7.80. The van der Waals surface area contributed by atoms with Gasteiger partial charge in [0.25, 0.3) is 0 Å². The third-order valence-corrected chi connectivity index (χ3v) is 4.34. The number of rotatable bonds is 7. The number of likely N-dealkylation sites (N-methyl/N-ethyl adjacent to an activating group) is 1. The molecule has 1 saturated carbocycles. The van der Waals surface area contributed by atoms with Gasteiger partial charge in [-0.1, -0.05) is 42.7 Å². The summed E-state index contributed by atoms with van der Waals surface area (Å²) in [5.74, 6) is 0.932. The van der Waals surface area contributed by atoms with Crippen molar-refractivity contribution >= 4 is 0 Å². The molecular weight excluding hydrogens is 244 g/mol. The van der Waals surface area contributed by atoms with Gasteiger partial charge in [-0.15, -0.1) is 0 Å². The molecule has 2 nitrogen and oxygen atoms in total. The van der Waals surface area contributed by atoms with E-state index in [4.69, 9.17) is 0 Å². The van der Waals surface area contributed by atoms with E-state index in [0.717, 1.165) is 19.0 Å². The lowest BCUT2D eigenvalue weighted by Gasteiger charge is -2.27. The molecule has 1 aliphatic rings. The predicted octanol–water partition coefficient (Wildman–Crippen LogP) is 3.55. The Bertz CT molecular complexity index is 394. The van der Waals surface area contributed by atoms with Crippen molar-refractivity contribution in [2.75, 3.05) is 33.7 Å². The maximum Gasteiger partial charge on any atom is 0.0234 e. The highest BCUT2D eigenvalue weighted by molar-refractivity contribution is 5.22. The van der Waals surface area contributed by atoms with Gasteiger partial charge in [0.15, 0.2) is 0 Å². The zero-order valence-electron chi connectivity index (χ0n) is 13.4. The summed E-state index contributed by atoms with van der Waals surface area (Å²) in [6.45, 7) is 6.90. The third-order valence-electron chi connectivity index (χ3n) is 4.34. The molecular formula is C18H30N2. The van der Waals surface area contributed by atoms with Crippen molar-refractivity contribution in [3.8, 4) is 0 Å². The summed E-state index contributed by atoms with van der Waals surface area (Å²) in [7, 11) is 4.33. The largest absolute Gasteiger partial charge is 0.308 e. The SMILES string of the molecule is Cc1cccc(CN(CCN(C)C)CC2CCCC2)c1. The Kier molecular flexibility index (Phi) is 6.06. The molecule has 0 N–H and O–H groups in total. The van der Waals surface area contributed by atoms with E-state index in [1.165, 1.54) is 49.9 Å². The highest BCUT2D eigenvalue weighted by Crippen LogP contribution is 2.26. The van der Waals surface area contributed by atoms with Gasteiger partial charge < -0.3 is 4.90 Å². The second-order valence-electron chi connectivity index (χ2n) is 6.68. The van der Waals surface area contributed by atoms with Crippen molar-refractivity contribution in [1.29, 1.82) is 0 Å². The monoisotopic (exact) mass is 274 g/mol. The minimum Gasteiger partial charge on any atom is -0.308 e. The van der Waals surface area contributed by atoms with Crippen molar-refractivity contribution in [2.24, 2.45) is 5.92 Å². The lowest BCUT2D eigenvalue weighted by molar-refractivity contribution is 0.202. The Morgan fingerprint density at radius 1 is 1.10 bits per heavy atom. The van der Waals surface area contributed by atoms with Gasteiger partial charge in [-0.25, -0.2) is 0 Å². The van der Waals surface area contributed by atoms with Crippen molar-refractivity contribution in [3.63, 3.8) is 0 Å². The molecule has 112 valence electrons. The van der Waals surface area contributed by atoms with Crippen LogP contribution in [-0.2, 0) is 6.54 Å². The summed E-state index contributed by atoms with van der Waals surface area (Å²) in [6.07, 6.45) is 5.76. The molecule has 1 fully saturated rings. The van der Waals surface area contributed by atoms with Gasteiger partial charge in [0, 0.05) is 26.2 Å². The zero-order chi connectivity index (χ0) is 14.4. The predicted molar refractivity (Wildman–Crippen MR) is 87.0 cm³/mol. The van der Waals surface area contributed by atoms with Crippen molar-refractivity contribution in [2.45, 2.75) is 39.2 Å². The Morgan fingerprint density at radius 3 is 2.50 bits per heavy atom. The fraction of sp³-hybridized carbons (Fsp3) is 0.667. The maximum atomic E-state index is 2.66. The summed E-state index contributed by atoms with van der Waals surface area (Å²) in [6, 6.07) is 8.97. The molecule has 2 heteroatoms. The molecule has 0 aromatic heterocycles. The van der Waals surface area contributed by atoms with Crippen LogP contribution >= 0.6 is 0 Å². The van der Waals surface area contributed by atoms with E-state index in [1.807, 2.05) is 0 Å². The molecule has 0 heterocycles. The van der Waals surface area contributed by atoms with Crippen LogP contribution in [-0.4, -0.2) is 43.5 Å². The van der Waals surface area contributed by atoms with E-state index < -0.39 is 0 Å². The molecule has 0 amide bonds. The van der Waals surface area contributed by atoms with E-state index >= 15 is 0 Å². The van der Waals surface area contributed by atoms with Crippen LogP contribution in [0.15, 0.2) is 24.3 Å². The van der Waals surface area contributed by atoms with Crippen LogP contribution in [0.3, 0.4) is 0 Å². The van der Waals surface area contributed by atoms with Crippen LogP contribution in [0.1, 0.15) is 36.8 Å². The summed E-state index contributed by atoms with van der Waals surface area (Å²) in [5, 5.41) is 0. The number of hydrogen-bond donors (Lipinski definition) is 0. The van der Waals surface area contributed by atoms with Crippen molar-refractivity contribution in [3.05, 3.63) is 35.4 Å². The average molecular weight is 274 g/mol.